The number of rotatable bonds is 7. The summed E-state index contributed by atoms with van der Waals surface area (Å²) in [6.45, 7) is 1.03. The average molecular weight is 390 g/mol. The molecule has 0 unspecified atom stereocenters. The summed E-state index contributed by atoms with van der Waals surface area (Å²) >= 11 is 4.85. The Morgan fingerprint density at radius 2 is 2.00 bits per heavy atom. The summed E-state index contributed by atoms with van der Waals surface area (Å²) in [6, 6.07) is 10.7. The van der Waals surface area contributed by atoms with E-state index in [2.05, 4.69) is 15.9 Å². The number of nitrogens with zero attached hydrogens (tertiary/aromatic N) is 1. The molecule has 0 saturated heterocycles. The molecule has 21 heavy (non-hydrogen) atoms. The van der Waals surface area contributed by atoms with E-state index in [1.807, 2.05) is 17.5 Å². The minimum absolute atomic E-state index is 0.276. The van der Waals surface area contributed by atoms with Crippen LogP contribution in [0.4, 0.5) is 0 Å². The van der Waals surface area contributed by atoms with Gasteiger partial charge in [-0.1, -0.05) is 18.2 Å². The van der Waals surface area contributed by atoms with Gasteiger partial charge in [0.15, 0.2) is 0 Å². The van der Waals surface area contributed by atoms with E-state index in [-0.39, 0.29) is 4.90 Å². The molecule has 0 spiro atoms. The van der Waals surface area contributed by atoms with Crippen molar-refractivity contribution in [2.24, 2.45) is 0 Å². The average Bonchev–Trinajstić information content (AvgIpc) is 2.96. The molecule has 1 aromatic carbocycles. The van der Waals surface area contributed by atoms with E-state index >= 15 is 0 Å². The summed E-state index contributed by atoms with van der Waals surface area (Å²) in [4.78, 5) is 1.28. The molecule has 1 aromatic heterocycles. The lowest BCUT2D eigenvalue weighted by Crippen LogP contribution is -2.33. The van der Waals surface area contributed by atoms with Crippen LogP contribution in [0, 0.1) is 0 Å². The second kappa shape index (κ2) is 7.51. The fraction of sp³-hybridized carbons (Fsp3) is 0.286. The van der Waals surface area contributed by atoms with Crippen molar-refractivity contribution in [2.75, 3.05) is 20.3 Å². The third kappa shape index (κ3) is 4.14. The van der Waals surface area contributed by atoms with Gasteiger partial charge in [-0.2, -0.15) is 4.31 Å². The fourth-order valence-corrected chi connectivity index (χ4v) is 5.01. The highest BCUT2D eigenvalue weighted by Gasteiger charge is 2.26. The zero-order chi connectivity index (χ0) is 15.3. The molecule has 4 nitrogen and oxygen atoms in total. The van der Waals surface area contributed by atoms with Gasteiger partial charge in [0.2, 0.25) is 10.0 Å². The number of ether oxygens (including phenoxy) is 1. The van der Waals surface area contributed by atoms with Gasteiger partial charge >= 0.3 is 0 Å². The monoisotopic (exact) mass is 389 g/mol. The third-order valence-electron chi connectivity index (χ3n) is 2.91. The second-order valence-electron chi connectivity index (χ2n) is 4.34. The normalized spacial score (nSPS) is 12.0. The van der Waals surface area contributed by atoms with Crippen molar-refractivity contribution in [3.63, 3.8) is 0 Å². The topological polar surface area (TPSA) is 46.6 Å². The van der Waals surface area contributed by atoms with Crippen molar-refractivity contribution < 1.29 is 13.2 Å². The molecule has 0 bridgehead atoms. The zero-order valence-corrected chi connectivity index (χ0v) is 14.7. The molecule has 0 saturated carbocycles. The third-order valence-corrected chi connectivity index (χ3v) is 6.63. The molecule has 0 aliphatic rings. The number of hydrogen-bond acceptors (Lipinski definition) is 4. The molecule has 0 fully saturated rings. The van der Waals surface area contributed by atoms with Crippen molar-refractivity contribution in [2.45, 2.75) is 11.4 Å². The van der Waals surface area contributed by atoms with Crippen molar-refractivity contribution in [1.82, 2.24) is 4.31 Å². The standard InChI is InChI=1S/C14H16BrNO3S2/c1-19-9-8-16(11-12-5-4-10-20-12)21(17,18)14-7-3-2-6-13(14)15/h2-7,10H,8-9,11H2,1H3. The lowest BCUT2D eigenvalue weighted by atomic mass is 10.4. The highest BCUT2D eigenvalue weighted by molar-refractivity contribution is 9.10. The van der Waals surface area contributed by atoms with Gasteiger partial charge in [0.1, 0.15) is 0 Å². The second-order valence-corrected chi connectivity index (χ2v) is 8.13. The molecule has 2 rings (SSSR count). The number of sulfonamides is 1. The molecule has 0 aliphatic carbocycles. The molecule has 114 valence electrons. The van der Waals surface area contributed by atoms with Gasteiger partial charge < -0.3 is 4.74 Å². The maximum Gasteiger partial charge on any atom is 0.244 e. The number of hydrogen-bond donors (Lipinski definition) is 0. The van der Waals surface area contributed by atoms with Crippen molar-refractivity contribution in [1.29, 1.82) is 0 Å². The Morgan fingerprint density at radius 1 is 1.24 bits per heavy atom. The highest BCUT2D eigenvalue weighted by atomic mass is 79.9. The van der Waals surface area contributed by atoms with Gasteiger partial charge in [-0.15, -0.1) is 11.3 Å². The summed E-state index contributed by atoms with van der Waals surface area (Å²) in [5.41, 5.74) is 0. The molecule has 0 N–H and O–H groups in total. The van der Waals surface area contributed by atoms with E-state index in [9.17, 15) is 8.42 Å². The van der Waals surface area contributed by atoms with Crippen molar-refractivity contribution in [3.8, 4) is 0 Å². The molecule has 7 heteroatoms. The first-order chi connectivity index (χ1) is 10.1. The summed E-state index contributed by atoms with van der Waals surface area (Å²) in [5.74, 6) is 0. The van der Waals surface area contributed by atoms with Crippen molar-refractivity contribution in [3.05, 3.63) is 51.1 Å². The summed E-state index contributed by atoms with van der Waals surface area (Å²) in [5, 5.41) is 1.94. The molecule has 0 atom stereocenters. The van der Waals surface area contributed by atoms with E-state index in [1.165, 1.54) is 4.31 Å². The fourth-order valence-electron chi connectivity index (χ4n) is 1.85. The first-order valence-electron chi connectivity index (χ1n) is 6.31. The van der Waals surface area contributed by atoms with Crippen LogP contribution in [0.3, 0.4) is 0 Å². The van der Waals surface area contributed by atoms with Crippen LogP contribution in [-0.2, 0) is 21.3 Å². The molecule has 0 amide bonds. The van der Waals surface area contributed by atoms with E-state index in [0.29, 0.717) is 24.2 Å². The molecule has 1 heterocycles. The van der Waals surface area contributed by atoms with Gasteiger partial charge in [-0.3, -0.25) is 0 Å². The van der Waals surface area contributed by atoms with E-state index in [4.69, 9.17) is 4.74 Å². The largest absolute Gasteiger partial charge is 0.383 e. The predicted octanol–water partition coefficient (Wildman–Crippen LogP) is 3.35. The van der Waals surface area contributed by atoms with E-state index in [0.717, 1.165) is 4.88 Å². The van der Waals surface area contributed by atoms with Crippen molar-refractivity contribution >= 4 is 37.3 Å². The summed E-state index contributed by atoms with van der Waals surface area (Å²) < 4.78 is 32.7. The van der Waals surface area contributed by atoms with Crippen LogP contribution in [0.2, 0.25) is 0 Å². The van der Waals surface area contributed by atoms with Crippen LogP contribution < -0.4 is 0 Å². The number of benzene rings is 1. The zero-order valence-electron chi connectivity index (χ0n) is 11.5. The molecular formula is C14H16BrNO3S2. The van der Waals surface area contributed by atoms with E-state index in [1.54, 1.807) is 42.7 Å². The SMILES string of the molecule is COCCN(Cc1cccs1)S(=O)(=O)c1ccccc1Br. The minimum Gasteiger partial charge on any atom is -0.383 e. The number of thiophene rings is 1. The Balaban J connectivity index is 2.32. The Labute approximate surface area is 137 Å². The van der Waals surface area contributed by atoms with Crippen LogP contribution in [-0.4, -0.2) is 33.0 Å². The predicted molar refractivity (Wildman–Crippen MR) is 87.9 cm³/mol. The Hall–Kier alpha value is -0.730. The van der Waals surface area contributed by atoms with Gasteiger partial charge in [0.05, 0.1) is 11.5 Å². The maximum absolute atomic E-state index is 12.8. The number of halogens is 1. The van der Waals surface area contributed by atoms with Gasteiger partial charge in [-0.25, -0.2) is 8.42 Å². The molecule has 2 aromatic rings. The van der Waals surface area contributed by atoms with Gasteiger partial charge in [0.25, 0.3) is 0 Å². The van der Waals surface area contributed by atoms with Crippen LogP contribution in [0.25, 0.3) is 0 Å². The Morgan fingerprint density at radius 3 is 2.62 bits per heavy atom. The minimum atomic E-state index is -3.57. The molecular weight excluding hydrogens is 374 g/mol. The molecule has 0 aliphatic heterocycles. The summed E-state index contributed by atoms with van der Waals surface area (Å²) in [6.07, 6.45) is 0. The first-order valence-corrected chi connectivity index (χ1v) is 9.43. The Bertz CT molecular complexity index is 671. The van der Waals surface area contributed by atoms with Gasteiger partial charge in [0, 0.05) is 29.5 Å². The number of methoxy groups -OCH3 is 1. The van der Waals surface area contributed by atoms with Crippen LogP contribution in [0.1, 0.15) is 4.88 Å². The lowest BCUT2D eigenvalue weighted by Gasteiger charge is -2.22. The summed E-state index contributed by atoms with van der Waals surface area (Å²) in [7, 11) is -2.00. The Kier molecular flexibility index (Phi) is 5.95. The smallest absolute Gasteiger partial charge is 0.244 e. The van der Waals surface area contributed by atoms with Crippen LogP contribution >= 0.6 is 27.3 Å². The molecule has 0 radical (unpaired) electrons. The quantitative estimate of drug-likeness (QED) is 0.729. The van der Waals surface area contributed by atoms with Crippen LogP contribution in [0.15, 0.2) is 51.1 Å². The highest BCUT2D eigenvalue weighted by Crippen LogP contribution is 2.26. The lowest BCUT2D eigenvalue weighted by molar-refractivity contribution is 0.177. The first kappa shape index (κ1) is 16.6. The van der Waals surface area contributed by atoms with Gasteiger partial charge in [-0.05, 0) is 39.5 Å². The van der Waals surface area contributed by atoms with E-state index < -0.39 is 10.0 Å². The maximum atomic E-state index is 12.8. The van der Waals surface area contributed by atoms with Crippen LogP contribution in [0.5, 0.6) is 0 Å².